The first-order chi connectivity index (χ1) is 8.25. The Hall–Kier alpha value is -1.27. The summed E-state index contributed by atoms with van der Waals surface area (Å²) in [6, 6.07) is 7.64. The van der Waals surface area contributed by atoms with Gasteiger partial charge in [-0.3, -0.25) is 0 Å². The fourth-order valence-corrected chi connectivity index (χ4v) is 2.08. The third-order valence-corrected chi connectivity index (χ3v) is 3.35. The Morgan fingerprint density at radius 3 is 2.76 bits per heavy atom. The van der Waals surface area contributed by atoms with E-state index in [0.717, 1.165) is 28.2 Å². The van der Waals surface area contributed by atoms with Crippen molar-refractivity contribution in [1.82, 2.24) is 20.2 Å². The van der Waals surface area contributed by atoms with Crippen molar-refractivity contribution < 1.29 is 0 Å². The summed E-state index contributed by atoms with van der Waals surface area (Å²) in [5.41, 5.74) is 1.06. The lowest BCUT2D eigenvalue weighted by Gasteiger charge is -2.05. The lowest BCUT2D eigenvalue weighted by Crippen LogP contribution is -2.04. The van der Waals surface area contributed by atoms with Crippen molar-refractivity contribution in [2.45, 2.75) is 5.16 Å². The average molecular weight is 270 g/mol. The second-order valence-electron chi connectivity index (χ2n) is 3.37. The molecule has 0 unspecified atom stereocenters. The first-order valence-corrected chi connectivity index (χ1v) is 6.46. The van der Waals surface area contributed by atoms with Gasteiger partial charge in [0.15, 0.2) is 0 Å². The predicted octanol–water partition coefficient (Wildman–Crippen LogP) is 2.07. The lowest BCUT2D eigenvalue weighted by atomic mass is 10.3. The molecule has 17 heavy (non-hydrogen) atoms. The first-order valence-electron chi connectivity index (χ1n) is 5.10. The number of hydrogen-bond donors (Lipinski definition) is 1. The summed E-state index contributed by atoms with van der Waals surface area (Å²) in [6.07, 6.45) is 0. The number of halogens is 1. The van der Waals surface area contributed by atoms with Crippen LogP contribution in [0.4, 0.5) is 5.69 Å². The van der Waals surface area contributed by atoms with E-state index in [9.17, 15) is 0 Å². The van der Waals surface area contributed by atoms with Gasteiger partial charge in [0.2, 0.25) is 5.16 Å². The third-order valence-electron chi connectivity index (χ3n) is 2.09. The number of nitrogens with zero attached hydrogens (tertiary/aromatic N) is 4. The van der Waals surface area contributed by atoms with Crippen molar-refractivity contribution in [3.05, 3.63) is 29.3 Å². The van der Waals surface area contributed by atoms with Crippen LogP contribution in [0.1, 0.15) is 0 Å². The standard InChI is InChI=1S/C10H12ClN5S/c1-16-10(13-14-15-16)17-7-6-12-9-4-2-8(11)3-5-9/h2-5,12H,6-7H2,1H3. The maximum atomic E-state index is 5.80. The van der Waals surface area contributed by atoms with Gasteiger partial charge in [0.05, 0.1) is 0 Å². The van der Waals surface area contributed by atoms with Gasteiger partial charge in [-0.1, -0.05) is 23.4 Å². The highest BCUT2D eigenvalue weighted by Crippen LogP contribution is 2.15. The molecule has 90 valence electrons. The summed E-state index contributed by atoms with van der Waals surface area (Å²) in [5, 5.41) is 16.1. The fourth-order valence-electron chi connectivity index (χ4n) is 1.25. The summed E-state index contributed by atoms with van der Waals surface area (Å²) in [6.45, 7) is 0.846. The van der Waals surface area contributed by atoms with E-state index in [1.807, 2.05) is 31.3 Å². The highest BCUT2D eigenvalue weighted by Gasteiger charge is 2.01. The quantitative estimate of drug-likeness (QED) is 0.665. The molecule has 0 amide bonds. The Morgan fingerprint density at radius 1 is 1.35 bits per heavy atom. The number of tetrazole rings is 1. The summed E-state index contributed by atoms with van der Waals surface area (Å²) in [4.78, 5) is 0. The van der Waals surface area contributed by atoms with Gasteiger partial charge in [-0.05, 0) is 34.7 Å². The first kappa shape index (κ1) is 12.2. The van der Waals surface area contributed by atoms with Crippen molar-refractivity contribution in [3.8, 4) is 0 Å². The molecule has 2 rings (SSSR count). The van der Waals surface area contributed by atoms with Gasteiger partial charge in [-0.2, -0.15) is 0 Å². The van der Waals surface area contributed by atoms with Gasteiger partial charge >= 0.3 is 0 Å². The van der Waals surface area contributed by atoms with Crippen molar-refractivity contribution in [2.24, 2.45) is 7.05 Å². The van der Waals surface area contributed by atoms with Crippen LogP contribution < -0.4 is 5.32 Å². The van der Waals surface area contributed by atoms with E-state index in [-0.39, 0.29) is 0 Å². The van der Waals surface area contributed by atoms with Gasteiger partial charge < -0.3 is 5.32 Å². The molecule has 0 saturated heterocycles. The predicted molar refractivity (Wildman–Crippen MR) is 69.5 cm³/mol. The molecular weight excluding hydrogens is 258 g/mol. The molecule has 0 spiro atoms. The zero-order chi connectivity index (χ0) is 12.1. The van der Waals surface area contributed by atoms with Crippen LogP contribution in [0, 0.1) is 0 Å². The molecule has 0 atom stereocenters. The van der Waals surface area contributed by atoms with Crippen LogP contribution in [0.5, 0.6) is 0 Å². The number of anilines is 1. The molecule has 0 aliphatic heterocycles. The van der Waals surface area contributed by atoms with Crippen LogP contribution in [0.3, 0.4) is 0 Å². The number of nitrogens with one attached hydrogen (secondary N) is 1. The molecule has 0 saturated carbocycles. The molecule has 1 N–H and O–H groups in total. The maximum absolute atomic E-state index is 5.80. The van der Waals surface area contributed by atoms with E-state index in [4.69, 9.17) is 11.6 Å². The summed E-state index contributed by atoms with van der Waals surface area (Å²) in [5.74, 6) is 0.900. The topological polar surface area (TPSA) is 55.6 Å². The Bertz CT molecular complexity index is 470. The molecule has 0 bridgehead atoms. The minimum Gasteiger partial charge on any atom is -0.384 e. The number of benzene rings is 1. The molecule has 2 aromatic rings. The minimum atomic E-state index is 0.745. The Labute approximate surface area is 109 Å². The molecule has 1 aromatic carbocycles. The molecule has 0 radical (unpaired) electrons. The van der Waals surface area contributed by atoms with Crippen LogP contribution >= 0.6 is 23.4 Å². The molecule has 0 fully saturated rings. The lowest BCUT2D eigenvalue weighted by molar-refractivity contribution is 0.664. The maximum Gasteiger partial charge on any atom is 0.209 e. The summed E-state index contributed by atoms with van der Waals surface area (Å²) < 4.78 is 1.66. The van der Waals surface area contributed by atoms with Crippen LogP contribution in [0.2, 0.25) is 5.02 Å². The minimum absolute atomic E-state index is 0.745. The van der Waals surface area contributed by atoms with E-state index >= 15 is 0 Å². The van der Waals surface area contributed by atoms with Crippen molar-refractivity contribution in [2.75, 3.05) is 17.6 Å². The van der Waals surface area contributed by atoms with E-state index in [1.54, 1.807) is 16.4 Å². The summed E-state index contributed by atoms with van der Waals surface area (Å²) in [7, 11) is 1.83. The SMILES string of the molecule is Cn1nnnc1SCCNc1ccc(Cl)cc1. The zero-order valence-corrected chi connectivity index (χ0v) is 10.9. The molecule has 7 heteroatoms. The van der Waals surface area contributed by atoms with Gasteiger partial charge in [0.25, 0.3) is 0 Å². The molecular formula is C10H12ClN5S. The van der Waals surface area contributed by atoms with Gasteiger partial charge in [-0.15, -0.1) is 5.10 Å². The van der Waals surface area contributed by atoms with Gasteiger partial charge in [0, 0.05) is 30.1 Å². The number of rotatable bonds is 5. The van der Waals surface area contributed by atoms with Crippen LogP contribution in [0.15, 0.2) is 29.4 Å². The van der Waals surface area contributed by atoms with E-state index in [1.165, 1.54) is 0 Å². The molecule has 0 aliphatic carbocycles. The Balaban J connectivity index is 1.73. The number of aromatic nitrogens is 4. The number of aryl methyl sites for hydroxylation is 1. The largest absolute Gasteiger partial charge is 0.384 e. The van der Waals surface area contributed by atoms with Crippen molar-refractivity contribution in [1.29, 1.82) is 0 Å². The van der Waals surface area contributed by atoms with Gasteiger partial charge in [0.1, 0.15) is 0 Å². The zero-order valence-electron chi connectivity index (χ0n) is 9.30. The summed E-state index contributed by atoms with van der Waals surface area (Å²) >= 11 is 7.42. The second kappa shape index (κ2) is 5.88. The van der Waals surface area contributed by atoms with E-state index in [0.29, 0.717) is 0 Å². The highest BCUT2D eigenvalue weighted by atomic mass is 35.5. The molecule has 5 nitrogen and oxygen atoms in total. The van der Waals surface area contributed by atoms with Gasteiger partial charge in [-0.25, -0.2) is 4.68 Å². The highest BCUT2D eigenvalue weighted by molar-refractivity contribution is 7.99. The van der Waals surface area contributed by atoms with Crippen LogP contribution in [-0.4, -0.2) is 32.5 Å². The number of hydrogen-bond acceptors (Lipinski definition) is 5. The molecule has 1 heterocycles. The monoisotopic (exact) mass is 269 g/mol. The van der Waals surface area contributed by atoms with E-state index in [2.05, 4.69) is 20.8 Å². The average Bonchev–Trinajstić information content (AvgIpc) is 2.73. The van der Waals surface area contributed by atoms with Crippen LogP contribution in [0.25, 0.3) is 0 Å². The van der Waals surface area contributed by atoms with Crippen LogP contribution in [-0.2, 0) is 7.05 Å². The van der Waals surface area contributed by atoms with Crippen molar-refractivity contribution in [3.63, 3.8) is 0 Å². The molecule has 1 aromatic heterocycles. The smallest absolute Gasteiger partial charge is 0.209 e. The fraction of sp³-hybridized carbons (Fsp3) is 0.300. The Morgan fingerprint density at radius 2 is 2.12 bits per heavy atom. The normalized spacial score (nSPS) is 10.5. The second-order valence-corrected chi connectivity index (χ2v) is 4.87. The Kier molecular flexibility index (Phi) is 4.22. The van der Waals surface area contributed by atoms with Crippen molar-refractivity contribution >= 4 is 29.1 Å². The van der Waals surface area contributed by atoms with E-state index < -0.39 is 0 Å². The third kappa shape index (κ3) is 3.61. The number of thioether (sulfide) groups is 1. The molecule has 0 aliphatic rings.